The van der Waals surface area contributed by atoms with Crippen molar-refractivity contribution in [2.24, 2.45) is 16.7 Å². The van der Waals surface area contributed by atoms with Gasteiger partial charge in [0.2, 0.25) is 6.23 Å². The molecule has 2 aliphatic rings. The number of quaternary nitrogens is 1. The third kappa shape index (κ3) is 13.9. The van der Waals surface area contributed by atoms with Crippen molar-refractivity contribution < 1.29 is 39.2 Å². The maximum atomic E-state index is 14.2. The topological polar surface area (TPSA) is 116 Å². The van der Waals surface area contributed by atoms with Crippen LogP contribution in [0.25, 0.3) is 0 Å². The van der Waals surface area contributed by atoms with E-state index in [1.165, 1.54) is 83.5 Å². The third-order valence-electron chi connectivity index (χ3n) is 11.7. The Hall–Kier alpha value is -0.770. The van der Waals surface area contributed by atoms with Crippen molar-refractivity contribution in [1.82, 2.24) is 0 Å². The second-order valence-corrected chi connectivity index (χ2v) is 17.6. The summed E-state index contributed by atoms with van der Waals surface area (Å²) in [5.41, 5.74) is 0.370. The second kappa shape index (κ2) is 22.3. The molecule has 1 heterocycles. The van der Waals surface area contributed by atoms with Gasteiger partial charge in [-0.1, -0.05) is 131 Å². The summed E-state index contributed by atoms with van der Waals surface area (Å²) in [5.74, 6) is 0.512. The first kappa shape index (κ1) is 44.4. The zero-order valence-electron chi connectivity index (χ0n) is 33.0. The van der Waals surface area contributed by atoms with Crippen molar-refractivity contribution in [3.63, 3.8) is 0 Å². The lowest BCUT2D eigenvalue weighted by atomic mass is 9.64. The minimum Gasteiger partial charge on any atom is -0.420 e. The number of ether oxygens (including phenoxy) is 2. The molecule has 1 aliphatic heterocycles. The Labute approximate surface area is 301 Å². The number of hydrogen-bond acceptors (Lipinski definition) is 7. The number of aliphatic hydroxyl groups is 4. The standard InChI is InChI=1S/C41H80NO7/c1-8-10-11-12-13-14-15-16-17-18-19-20-21-22-23-24-29-42(39(47)48-9-2,38-37(46)36(45)35(44)34(30-43)49-38)33-27-25-32(26-28-33)41(6,7)31-40(3,4)5/h32-38,43-46H,8-31H2,1-7H3/q+1/t32?,33?,34-,35-,36+,37-,38?,42?/m1/s1. The first-order valence-electron chi connectivity index (χ1n) is 20.6. The molecule has 2 fully saturated rings. The fourth-order valence-corrected chi connectivity index (χ4v) is 9.32. The lowest BCUT2D eigenvalue weighted by molar-refractivity contribution is -0.938. The van der Waals surface area contributed by atoms with E-state index in [0.29, 0.717) is 12.5 Å². The highest BCUT2D eigenvalue weighted by Crippen LogP contribution is 2.48. The highest BCUT2D eigenvalue weighted by molar-refractivity contribution is 5.60. The highest BCUT2D eigenvalue weighted by atomic mass is 16.6. The maximum Gasteiger partial charge on any atom is 0.518 e. The zero-order valence-corrected chi connectivity index (χ0v) is 33.0. The van der Waals surface area contributed by atoms with Crippen molar-refractivity contribution in [1.29, 1.82) is 0 Å². The fraction of sp³-hybridized carbons (Fsp3) is 0.976. The minimum absolute atomic E-state index is 0.153. The molecule has 49 heavy (non-hydrogen) atoms. The molecule has 8 nitrogen and oxygen atoms in total. The van der Waals surface area contributed by atoms with Gasteiger partial charge in [0.05, 0.1) is 19.8 Å². The summed E-state index contributed by atoms with van der Waals surface area (Å²) in [4.78, 5) is 14.2. The smallest absolute Gasteiger partial charge is 0.420 e. The van der Waals surface area contributed by atoms with Crippen LogP contribution in [-0.4, -0.2) is 87.4 Å². The predicted octanol–water partition coefficient (Wildman–Crippen LogP) is 9.04. The van der Waals surface area contributed by atoms with Crippen molar-refractivity contribution in [2.45, 2.75) is 220 Å². The molecule has 1 saturated carbocycles. The van der Waals surface area contributed by atoms with E-state index < -0.39 is 43.3 Å². The predicted molar refractivity (Wildman–Crippen MR) is 199 cm³/mol. The van der Waals surface area contributed by atoms with E-state index in [-0.39, 0.29) is 28.0 Å². The molecule has 1 aliphatic carbocycles. The molecule has 0 radical (unpaired) electrons. The van der Waals surface area contributed by atoms with E-state index in [4.69, 9.17) is 9.47 Å². The van der Waals surface area contributed by atoms with Crippen LogP contribution in [-0.2, 0) is 9.47 Å². The van der Waals surface area contributed by atoms with E-state index in [1.807, 2.05) is 0 Å². The normalized spacial score (nSPS) is 27.9. The molecule has 1 amide bonds. The van der Waals surface area contributed by atoms with E-state index in [9.17, 15) is 25.2 Å². The number of rotatable bonds is 23. The number of unbranched alkanes of at least 4 members (excludes halogenated alkanes) is 15. The van der Waals surface area contributed by atoms with Crippen LogP contribution in [0.5, 0.6) is 0 Å². The average molecular weight is 699 g/mol. The number of aliphatic hydroxyl groups excluding tert-OH is 4. The average Bonchev–Trinajstić information content (AvgIpc) is 3.05. The van der Waals surface area contributed by atoms with Crippen LogP contribution < -0.4 is 0 Å². The molecule has 0 bridgehead atoms. The Kier molecular flexibility index (Phi) is 20.2. The van der Waals surface area contributed by atoms with Gasteiger partial charge in [0.15, 0.2) is 6.10 Å². The quantitative estimate of drug-likeness (QED) is 0.0622. The van der Waals surface area contributed by atoms with Crippen LogP contribution in [0.2, 0.25) is 0 Å². The molecule has 2 unspecified atom stereocenters. The molecule has 6 atom stereocenters. The van der Waals surface area contributed by atoms with E-state index in [2.05, 4.69) is 41.5 Å². The Morgan fingerprint density at radius 3 is 1.59 bits per heavy atom. The Morgan fingerprint density at radius 2 is 1.16 bits per heavy atom. The van der Waals surface area contributed by atoms with Gasteiger partial charge in [-0.3, -0.25) is 0 Å². The van der Waals surface area contributed by atoms with Crippen molar-refractivity contribution >= 4 is 6.09 Å². The van der Waals surface area contributed by atoms with E-state index >= 15 is 0 Å². The maximum absolute atomic E-state index is 14.2. The Balaban J connectivity index is 2.05. The van der Waals surface area contributed by atoms with Crippen LogP contribution in [0.3, 0.4) is 0 Å². The summed E-state index contributed by atoms with van der Waals surface area (Å²) < 4.78 is 11.8. The van der Waals surface area contributed by atoms with E-state index in [0.717, 1.165) is 51.4 Å². The fourth-order valence-electron chi connectivity index (χ4n) is 9.32. The number of carbonyl (C=O) groups is 1. The van der Waals surface area contributed by atoms with Gasteiger partial charge in [0, 0.05) is 12.8 Å². The van der Waals surface area contributed by atoms with Gasteiger partial charge in [0.1, 0.15) is 24.4 Å². The van der Waals surface area contributed by atoms with Crippen molar-refractivity contribution in [2.75, 3.05) is 19.8 Å². The number of amides is 1. The summed E-state index contributed by atoms with van der Waals surface area (Å²) in [6, 6.07) is -0.154. The molecular formula is C41H80NO7+. The van der Waals surface area contributed by atoms with Crippen LogP contribution in [0.1, 0.15) is 183 Å². The molecule has 2 rings (SSSR count). The Morgan fingerprint density at radius 1 is 0.694 bits per heavy atom. The van der Waals surface area contributed by atoms with E-state index in [1.54, 1.807) is 6.92 Å². The number of carbonyl (C=O) groups excluding carboxylic acids is 1. The molecule has 0 spiro atoms. The molecule has 0 aromatic heterocycles. The van der Waals surface area contributed by atoms with Gasteiger partial charge in [0.25, 0.3) is 0 Å². The van der Waals surface area contributed by atoms with Gasteiger partial charge in [-0.2, -0.15) is 9.28 Å². The Bertz CT molecular complexity index is 882. The molecule has 0 aromatic carbocycles. The van der Waals surface area contributed by atoms with Gasteiger partial charge >= 0.3 is 6.09 Å². The summed E-state index contributed by atoms with van der Waals surface area (Å²) in [6.07, 6.45) is 17.6. The van der Waals surface area contributed by atoms with Crippen LogP contribution in [0.15, 0.2) is 0 Å². The largest absolute Gasteiger partial charge is 0.518 e. The molecule has 4 N–H and O–H groups in total. The second-order valence-electron chi connectivity index (χ2n) is 17.6. The first-order chi connectivity index (χ1) is 23.2. The lowest BCUT2D eigenvalue weighted by Gasteiger charge is -2.53. The van der Waals surface area contributed by atoms with Crippen LogP contribution >= 0.6 is 0 Å². The third-order valence-corrected chi connectivity index (χ3v) is 11.7. The van der Waals surface area contributed by atoms with Crippen molar-refractivity contribution in [3.05, 3.63) is 0 Å². The monoisotopic (exact) mass is 699 g/mol. The van der Waals surface area contributed by atoms with Gasteiger partial charge in [-0.05, 0) is 55.8 Å². The summed E-state index contributed by atoms with van der Waals surface area (Å²) in [7, 11) is 0. The van der Waals surface area contributed by atoms with Gasteiger partial charge < -0.3 is 29.9 Å². The highest BCUT2D eigenvalue weighted by Gasteiger charge is 2.61. The molecule has 8 heteroatoms. The van der Waals surface area contributed by atoms with Crippen LogP contribution in [0.4, 0.5) is 4.79 Å². The summed E-state index contributed by atoms with van der Waals surface area (Å²) in [6.45, 7) is 15.8. The molecule has 0 aromatic rings. The van der Waals surface area contributed by atoms with Crippen LogP contribution in [0, 0.1) is 16.7 Å². The summed E-state index contributed by atoms with van der Waals surface area (Å²) in [5, 5.41) is 42.9. The van der Waals surface area contributed by atoms with Crippen molar-refractivity contribution in [3.8, 4) is 0 Å². The molecule has 1 saturated heterocycles. The van der Waals surface area contributed by atoms with Gasteiger partial charge in [-0.15, -0.1) is 0 Å². The van der Waals surface area contributed by atoms with Gasteiger partial charge in [-0.25, -0.2) is 0 Å². The summed E-state index contributed by atoms with van der Waals surface area (Å²) >= 11 is 0. The molecular weight excluding hydrogens is 618 g/mol. The lowest BCUT2D eigenvalue weighted by Crippen LogP contribution is -2.75. The first-order valence-corrected chi connectivity index (χ1v) is 20.6. The SMILES string of the molecule is CCCCCCCCCCCCCCCCCC[N+](C(=O)OCC)(C1CCC(C(C)(C)CC(C)(C)C)CC1)C1O[C@H](CO)[C@@H](O)[C@H](O)[C@H]1O. The minimum atomic E-state index is -1.53. The molecule has 290 valence electrons. The zero-order chi connectivity index (χ0) is 36.5. The number of nitrogens with zero attached hydrogens (tertiary/aromatic N) is 1. The number of hydrogen-bond donors (Lipinski definition) is 4.